The number of allylic oxidation sites excluding steroid dienone is 1. The van der Waals surface area contributed by atoms with Gasteiger partial charge in [0.1, 0.15) is 5.76 Å². The Labute approximate surface area is 150 Å². The van der Waals surface area contributed by atoms with Crippen LogP contribution in [0.1, 0.15) is 37.2 Å². The van der Waals surface area contributed by atoms with Crippen LogP contribution in [0.25, 0.3) is 22.9 Å². The number of imidazole rings is 1. The van der Waals surface area contributed by atoms with Crippen LogP contribution in [0.3, 0.4) is 0 Å². The van der Waals surface area contributed by atoms with E-state index in [2.05, 4.69) is 42.3 Å². The van der Waals surface area contributed by atoms with Crippen molar-refractivity contribution in [1.29, 1.82) is 0 Å². The molecule has 1 N–H and O–H groups in total. The second-order valence-electron chi connectivity index (χ2n) is 6.00. The van der Waals surface area contributed by atoms with Gasteiger partial charge < -0.3 is 8.98 Å². The van der Waals surface area contributed by atoms with Gasteiger partial charge >= 0.3 is 0 Å². The minimum Gasteiger partial charge on any atom is -0.465 e. The van der Waals surface area contributed by atoms with E-state index in [0.717, 1.165) is 28.3 Å². The molecule has 0 aliphatic carbocycles. The first-order valence-corrected chi connectivity index (χ1v) is 8.32. The SMILES string of the molecule is CC(=Cc1ccco1)c1c(-c2ccccc2)ncn1C(C)c1nn[nH]n1. The maximum absolute atomic E-state index is 5.47. The molecule has 3 heterocycles. The van der Waals surface area contributed by atoms with Gasteiger partial charge in [0.15, 0.2) is 5.82 Å². The van der Waals surface area contributed by atoms with Crippen LogP contribution in [0.4, 0.5) is 0 Å². The van der Waals surface area contributed by atoms with E-state index >= 15 is 0 Å². The number of hydrogen-bond acceptors (Lipinski definition) is 5. The van der Waals surface area contributed by atoms with Gasteiger partial charge in [-0.15, -0.1) is 10.2 Å². The summed E-state index contributed by atoms with van der Waals surface area (Å²) in [6, 6.07) is 13.8. The lowest BCUT2D eigenvalue weighted by Gasteiger charge is -2.15. The molecule has 1 atom stereocenters. The van der Waals surface area contributed by atoms with Crippen LogP contribution in [0.5, 0.6) is 0 Å². The summed E-state index contributed by atoms with van der Waals surface area (Å²) in [4.78, 5) is 4.67. The molecule has 0 radical (unpaired) electrons. The normalized spacial score (nSPS) is 13.1. The zero-order valence-electron chi connectivity index (χ0n) is 14.5. The van der Waals surface area contributed by atoms with Gasteiger partial charge in [0.2, 0.25) is 0 Å². The van der Waals surface area contributed by atoms with E-state index in [9.17, 15) is 0 Å². The van der Waals surface area contributed by atoms with Gasteiger partial charge in [0, 0.05) is 5.56 Å². The summed E-state index contributed by atoms with van der Waals surface area (Å²) < 4.78 is 7.53. The lowest BCUT2D eigenvalue weighted by atomic mass is 10.0. The average Bonchev–Trinajstić information content (AvgIpc) is 3.42. The number of nitrogens with one attached hydrogen (secondary N) is 1. The molecule has 0 aliphatic heterocycles. The monoisotopic (exact) mass is 346 g/mol. The predicted molar refractivity (Wildman–Crippen MR) is 97.9 cm³/mol. The number of aromatic nitrogens is 6. The predicted octanol–water partition coefficient (Wildman–Crippen LogP) is 3.83. The first-order chi connectivity index (χ1) is 12.7. The molecule has 0 fully saturated rings. The van der Waals surface area contributed by atoms with Gasteiger partial charge in [-0.05, 0) is 37.6 Å². The first kappa shape index (κ1) is 16.0. The number of nitrogens with zero attached hydrogens (tertiary/aromatic N) is 5. The number of furan rings is 1. The highest BCUT2D eigenvalue weighted by Crippen LogP contribution is 2.32. The minimum absolute atomic E-state index is 0.117. The van der Waals surface area contributed by atoms with Crippen molar-refractivity contribution in [3.63, 3.8) is 0 Å². The molecule has 7 nitrogen and oxygen atoms in total. The maximum Gasteiger partial charge on any atom is 0.197 e. The van der Waals surface area contributed by atoms with E-state index in [-0.39, 0.29) is 6.04 Å². The Morgan fingerprint density at radius 1 is 1.19 bits per heavy atom. The summed E-state index contributed by atoms with van der Waals surface area (Å²) in [5, 5.41) is 14.4. The molecular formula is C19H18N6O. The largest absolute Gasteiger partial charge is 0.465 e. The maximum atomic E-state index is 5.47. The van der Waals surface area contributed by atoms with Gasteiger partial charge in [0.05, 0.1) is 30.0 Å². The summed E-state index contributed by atoms with van der Waals surface area (Å²) >= 11 is 0. The standard InChI is InChI=1S/C19H18N6O/c1-13(11-16-9-6-10-26-16)18-17(15-7-4-3-5-8-15)20-12-25(18)14(2)19-21-23-24-22-19/h3-12,14H,1-2H3,(H,21,22,23,24). The highest BCUT2D eigenvalue weighted by Gasteiger charge is 2.21. The van der Waals surface area contributed by atoms with Gasteiger partial charge in [-0.25, -0.2) is 4.98 Å². The zero-order chi connectivity index (χ0) is 17.9. The van der Waals surface area contributed by atoms with E-state index in [1.54, 1.807) is 6.26 Å². The highest BCUT2D eigenvalue weighted by molar-refractivity contribution is 5.84. The molecule has 7 heteroatoms. The third-order valence-electron chi connectivity index (χ3n) is 4.27. The first-order valence-electron chi connectivity index (χ1n) is 8.32. The summed E-state index contributed by atoms with van der Waals surface area (Å²) in [6.45, 7) is 4.07. The van der Waals surface area contributed by atoms with Crippen LogP contribution in [-0.4, -0.2) is 30.2 Å². The quantitative estimate of drug-likeness (QED) is 0.593. The third-order valence-corrected chi connectivity index (χ3v) is 4.27. The van der Waals surface area contributed by atoms with E-state index in [1.807, 2.05) is 56.6 Å². The molecule has 0 saturated carbocycles. The molecule has 0 spiro atoms. The number of aromatic amines is 1. The molecule has 0 aliphatic rings. The molecule has 4 rings (SSSR count). The lowest BCUT2D eigenvalue weighted by Crippen LogP contribution is -2.10. The smallest absolute Gasteiger partial charge is 0.197 e. The van der Waals surface area contributed by atoms with Crippen LogP contribution in [-0.2, 0) is 0 Å². The van der Waals surface area contributed by atoms with Gasteiger partial charge in [0.25, 0.3) is 0 Å². The summed E-state index contributed by atoms with van der Waals surface area (Å²) in [5.74, 6) is 1.40. The highest BCUT2D eigenvalue weighted by atomic mass is 16.3. The Morgan fingerprint density at radius 3 is 2.73 bits per heavy atom. The van der Waals surface area contributed by atoms with Crippen molar-refractivity contribution in [3.8, 4) is 11.3 Å². The Bertz CT molecular complexity index is 1000. The summed E-state index contributed by atoms with van der Waals surface area (Å²) in [7, 11) is 0. The van der Waals surface area contributed by atoms with E-state index in [4.69, 9.17) is 4.42 Å². The van der Waals surface area contributed by atoms with E-state index < -0.39 is 0 Å². The van der Waals surface area contributed by atoms with Crippen molar-refractivity contribution in [2.75, 3.05) is 0 Å². The van der Waals surface area contributed by atoms with Crippen molar-refractivity contribution >= 4 is 11.6 Å². The third kappa shape index (κ3) is 2.95. The summed E-state index contributed by atoms with van der Waals surface area (Å²) in [6.07, 6.45) is 5.48. The second kappa shape index (κ2) is 6.79. The van der Waals surface area contributed by atoms with Crippen LogP contribution in [0.15, 0.2) is 59.5 Å². The van der Waals surface area contributed by atoms with E-state index in [1.165, 1.54) is 0 Å². The number of tetrazole rings is 1. The molecular weight excluding hydrogens is 328 g/mol. The summed E-state index contributed by atoms with van der Waals surface area (Å²) in [5.41, 5.74) is 3.98. The fourth-order valence-electron chi connectivity index (χ4n) is 2.98. The number of hydrogen-bond donors (Lipinski definition) is 1. The van der Waals surface area contributed by atoms with Crippen LogP contribution in [0.2, 0.25) is 0 Å². The molecule has 3 aromatic heterocycles. The molecule has 26 heavy (non-hydrogen) atoms. The molecule has 4 aromatic rings. The van der Waals surface area contributed by atoms with Crippen molar-refractivity contribution in [2.24, 2.45) is 0 Å². The zero-order valence-corrected chi connectivity index (χ0v) is 14.5. The fourth-order valence-corrected chi connectivity index (χ4v) is 2.98. The lowest BCUT2D eigenvalue weighted by molar-refractivity contribution is 0.557. The Hall–Kier alpha value is -3.48. The molecule has 130 valence electrons. The van der Waals surface area contributed by atoms with Crippen molar-refractivity contribution < 1.29 is 4.42 Å². The van der Waals surface area contributed by atoms with Gasteiger partial charge in [-0.3, -0.25) is 0 Å². The molecule has 0 saturated heterocycles. The average molecular weight is 346 g/mol. The van der Waals surface area contributed by atoms with Crippen LogP contribution >= 0.6 is 0 Å². The Balaban J connectivity index is 1.86. The second-order valence-corrected chi connectivity index (χ2v) is 6.00. The molecule has 0 amide bonds. The van der Waals surface area contributed by atoms with E-state index in [0.29, 0.717) is 5.82 Å². The van der Waals surface area contributed by atoms with Crippen LogP contribution in [0, 0.1) is 0 Å². The van der Waals surface area contributed by atoms with Crippen molar-refractivity contribution in [2.45, 2.75) is 19.9 Å². The number of H-pyrrole nitrogens is 1. The molecule has 1 unspecified atom stereocenters. The Morgan fingerprint density at radius 2 is 2.04 bits per heavy atom. The van der Waals surface area contributed by atoms with Crippen LogP contribution < -0.4 is 0 Å². The number of benzene rings is 1. The van der Waals surface area contributed by atoms with Crippen molar-refractivity contribution in [1.82, 2.24) is 30.2 Å². The molecule has 1 aromatic carbocycles. The topological polar surface area (TPSA) is 85.4 Å². The fraction of sp³-hybridized carbons (Fsp3) is 0.158. The molecule has 0 bridgehead atoms. The Kier molecular flexibility index (Phi) is 4.18. The van der Waals surface area contributed by atoms with Gasteiger partial charge in [-0.1, -0.05) is 35.5 Å². The number of rotatable bonds is 5. The van der Waals surface area contributed by atoms with Gasteiger partial charge in [-0.2, -0.15) is 5.21 Å². The van der Waals surface area contributed by atoms with Crippen molar-refractivity contribution in [3.05, 3.63) is 72.3 Å². The minimum atomic E-state index is -0.117.